The van der Waals surface area contributed by atoms with Crippen molar-refractivity contribution in [2.24, 2.45) is 0 Å². The molecule has 0 spiro atoms. The number of hydrogen-bond acceptors (Lipinski definition) is 2. The van der Waals surface area contributed by atoms with Crippen LogP contribution >= 0.6 is 15.9 Å². The zero-order valence-corrected chi connectivity index (χ0v) is 12.4. The molecule has 21 heavy (non-hydrogen) atoms. The number of halogens is 3. The van der Waals surface area contributed by atoms with E-state index in [1.165, 1.54) is 12.1 Å². The third-order valence-electron chi connectivity index (χ3n) is 3.02. The van der Waals surface area contributed by atoms with Gasteiger partial charge in [-0.25, -0.2) is 8.78 Å². The Morgan fingerprint density at radius 1 is 1.05 bits per heavy atom. The largest absolute Gasteiger partial charge is 0.449 e. The molecule has 0 aliphatic rings. The molecule has 0 saturated carbocycles. The summed E-state index contributed by atoms with van der Waals surface area (Å²) in [6, 6.07) is 11.4. The van der Waals surface area contributed by atoms with Crippen LogP contribution in [-0.2, 0) is 5.33 Å². The molecular weight excluding hydrogens is 340 g/mol. The Morgan fingerprint density at radius 3 is 2.48 bits per heavy atom. The van der Waals surface area contributed by atoms with Crippen LogP contribution in [0.4, 0.5) is 8.78 Å². The van der Waals surface area contributed by atoms with Gasteiger partial charge in [0.25, 0.3) is 0 Å². The summed E-state index contributed by atoms with van der Waals surface area (Å²) in [5, 5.41) is 1.21. The highest BCUT2D eigenvalue weighted by molar-refractivity contribution is 9.08. The van der Waals surface area contributed by atoms with E-state index in [9.17, 15) is 8.78 Å². The van der Waals surface area contributed by atoms with Gasteiger partial charge in [-0.3, -0.25) is 4.98 Å². The zero-order valence-electron chi connectivity index (χ0n) is 10.8. The minimum absolute atomic E-state index is 0.317. The van der Waals surface area contributed by atoms with Crippen LogP contribution in [0.2, 0.25) is 0 Å². The average Bonchev–Trinajstić information content (AvgIpc) is 2.50. The Morgan fingerprint density at radius 2 is 1.76 bits per heavy atom. The van der Waals surface area contributed by atoms with E-state index < -0.39 is 17.4 Å². The monoisotopic (exact) mass is 349 g/mol. The van der Waals surface area contributed by atoms with Gasteiger partial charge in [-0.1, -0.05) is 34.1 Å². The number of aromatic nitrogens is 1. The first-order valence-corrected chi connectivity index (χ1v) is 7.36. The molecule has 3 rings (SSSR count). The summed E-state index contributed by atoms with van der Waals surface area (Å²) < 4.78 is 33.4. The number of para-hydroxylation sites is 1. The predicted octanol–water partition coefficient (Wildman–Crippen LogP) is 5.20. The van der Waals surface area contributed by atoms with E-state index >= 15 is 0 Å². The Bertz CT molecular complexity index is 779. The van der Waals surface area contributed by atoms with Crippen molar-refractivity contribution in [2.45, 2.75) is 5.33 Å². The highest BCUT2D eigenvalue weighted by atomic mass is 79.9. The van der Waals surface area contributed by atoms with Gasteiger partial charge in [0.2, 0.25) is 0 Å². The highest BCUT2D eigenvalue weighted by Crippen LogP contribution is 2.32. The molecule has 106 valence electrons. The SMILES string of the molecule is Fc1cc(CBr)cc(F)c1Oc1cccc2cccnc12. The average molecular weight is 350 g/mol. The molecule has 2 nitrogen and oxygen atoms in total. The van der Waals surface area contributed by atoms with Crippen LogP contribution in [0, 0.1) is 11.6 Å². The van der Waals surface area contributed by atoms with Crippen molar-refractivity contribution in [2.75, 3.05) is 0 Å². The fraction of sp³-hybridized carbons (Fsp3) is 0.0625. The smallest absolute Gasteiger partial charge is 0.198 e. The second-order valence-electron chi connectivity index (χ2n) is 4.46. The predicted molar refractivity (Wildman–Crippen MR) is 80.8 cm³/mol. The van der Waals surface area contributed by atoms with Crippen molar-refractivity contribution in [1.29, 1.82) is 0 Å². The van der Waals surface area contributed by atoms with E-state index in [0.29, 0.717) is 22.2 Å². The van der Waals surface area contributed by atoms with E-state index in [4.69, 9.17) is 4.74 Å². The van der Waals surface area contributed by atoms with E-state index in [0.717, 1.165) is 5.39 Å². The molecule has 5 heteroatoms. The number of ether oxygens (including phenoxy) is 1. The van der Waals surface area contributed by atoms with Crippen molar-refractivity contribution in [3.63, 3.8) is 0 Å². The molecule has 0 atom stereocenters. The van der Waals surface area contributed by atoms with Gasteiger partial charge < -0.3 is 4.74 Å². The number of alkyl halides is 1. The van der Waals surface area contributed by atoms with Crippen LogP contribution in [0.1, 0.15) is 5.56 Å². The molecule has 1 heterocycles. The molecule has 3 aromatic rings. The molecule has 0 saturated heterocycles. The van der Waals surface area contributed by atoms with Crippen LogP contribution in [0.3, 0.4) is 0 Å². The zero-order chi connectivity index (χ0) is 14.8. The molecule has 0 aliphatic heterocycles. The number of nitrogens with zero attached hydrogens (tertiary/aromatic N) is 1. The summed E-state index contributed by atoms with van der Waals surface area (Å²) in [7, 11) is 0. The van der Waals surface area contributed by atoms with Crippen LogP contribution in [-0.4, -0.2) is 4.98 Å². The molecule has 0 bridgehead atoms. The summed E-state index contributed by atoms with van der Waals surface area (Å²) in [5.74, 6) is -1.58. The standard InChI is InChI=1S/C16H10BrF2NO/c17-9-10-7-12(18)16(13(19)8-10)21-14-5-1-3-11-4-2-6-20-15(11)14/h1-8H,9H2. The minimum Gasteiger partial charge on any atom is -0.449 e. The quantitative estimate of drug-likeness (QED) is 0.606. The summed E-state index contributed by atoms with van der Waals surface area (Å²) in [4.78, 5) is 4.19. The van der Waals surface area contributed by atoms with Gasteiger partial charge >= 0.3 is 0 Å². The first-order chi connectivity index (χ1) is 10.2. The molecule has 0 unspecified atom stereocenters. The van der Waals surface area contributed by atoms with Crippen molar-refractivity contribution < 1.29 is 13.5 Å². The molecular formula is C16H10BrF2NO. The first kappa shape index (κ1) is 13.9. The lowest BCUT2D eigenvalue weighted by atomic mass is 10.2. The van der Waals surface area contributed by atoms with Crippen LogP contribution in [0.25, 0.3) is 10.9 Å². The highest BCUT2D eigenvalue weighted by Gasteiger charge is 2.15. The van der Waals surface area contributed by atoms with Gasteiger partial charge in [0.1, 0.15) is 5.52 Å². The van der Waals surface area contributed by atoms with Gasteiger partial charge in [-0.05, 0) is 29.8 Å². The summed E-state index contributed by atoms with van der Waals surface area (Å²) in [6.07, 6.45) is 1.61. The summed E-state index contributed by atoms with van der Waals surface area (Å²) in [5.41, 5.74) is 1.07. The van der Waals surface area contributed by atoms with Crippen LogP contribution in [0.15, 0.2) is 48.7 Å². The third kappa shape index (κ3) is 2.74. The van der Waals surface area contributed by atoms with Gasteiger partial charge in [0.05, 0.1) is 0 Å². The Hall–Kier alpha value is -2.01. The molecule has 0 amide bonds. The molecule has 2 aromatic carbocycles. The number of rotatable bonds is 3. The minimum atomic E-state index is -0.739. The number of pyridine rings is 1. The van der Waals surface area contributed by atoms with Crippen LogP contribution in [0.5, 0.6) is 11.5 Å². The van der Waals surface area contributed by atoms with E-state index in [-0.39, 0.29) is 0 Å². The second kappa shape index (κ2) is 5.77. The summed E-state index contributed by atoms with van der Waals surface area (Å²) in [6.45, 7) is 0. The lowest BCUT2D eigenvalue weighted by Crippen LogP contribution is -1.96. The molecule has 0 radical (unpaired) electrons. The molecule has 0 N–H and O–H groups in total. The fourth-order valence-electron chi connectivity index (χ4n) is 2.06. The van der Waals surface area contributed by atoms with Gasteiger partial charge in [0.15, 0.2) is 23.1 Å². The molecule has 1 aromatic heterocycles. The maximum absolute atomic E-state index is 14.0. The molecule has 0 fully saturated rings. The van der Waals surface area contributed by atoms with Crippen LogP contribution < -0.4 is 4.74 Å². The molecule has 0 aliphatic carbocycles. The van der Waals surface area contributed by atoms with Crippen molar-refractivity contribution in [1.82, 2.24) is 4.98 Å². The van der Waals surface area contributed by atoms with Crippen molar-refractivity contribution >= 4 is 26.8 Å². The Balaban J connectivity index is 2.07. The van der Waals surface area contributed by atoms with Crippen molar-refractivity contribution in [3.8, 4) is 11.5 Å². The van der Waals surface area contributed by atoms with Gasteiger partial charge in [-0.15, -0.1) is 0 Å². The summed E-state index contributed by atoms with van der Waals surface area (Å²) >= 11 is 3.17. The number of hydrogen-bond donors (Lipinski definition) is 0. The third-order valence-corrected chi connectivity index (χ3v) is 3.67. The van der Waals surface area contributed by atoms with E-state index in [1.807, 2.05) is 12.1 Å². The maximum Gasteiger partial charge on any atom is 0.198 e. The number of fused-ring (bicyclic) bond motifs is 1. The van der Waals surface area contributed by atoms with Gasteiger partial charge in [0, 0.05) is 16.9 Å². The lowest BCUT2D eigenvalue weighted by Gasteiger charge is -2.10. The van der Waals surface area contributed by atoms with Gasteiger partial charge in [-0.2, -0.15) is 0 Å². The fourth-order valence-corrected chi connectivity index (χ4v) is 2.38. The topological polar surface area (TPSA) is 22.1 Å². The lowest BCUT2D eigenvalue weighted by molar-refractivity contribution is 0.409. The normalized spacial score (nSPS) is 10.8. The van der Waals surface area contributed by atoms with E-state index in [2.05, 4.69) is 20.9 Å². The number of benzene rings is 2. The van der Waals surface area contributed by atoms with Crippen molar-refractivity contribution in [3.05, 3.63) is 65.9 Å². The second-order valence-corrected chi connectivity index (χ2v) is 5.02. The first-order valence-electron chi connectivity index (χ1n) is 6.24. The Labute approximate surface area is 128 Å². The maximum atomic E-state index is 14.0. The Kier molecular flexibility index (Phi) is 3.84. The van der Waals surface area contributed by atoms with E-state index in [1.54, 1.807) is 24.4 Å².